The van der Waals surface area contributed by atoms with E-state index in [1.165, 1.54) is 0 Å². The molecular weight excluding hydrogens is 420 g/mol. The van der Waals surface area contributed by atoms with Crippen LogP contribution in [-0.4, -0.2) is 59.6 Å². The lowest BCUT2D eigenvalue weighted by atomic mass is 9.92. The van der Waals surface area contributed by atoms with Crippen molar-refractivity contribution in [2.45, 2.75) is 43.4 Å². The number of hydrogen-bond donors (Lipinski definition) is 3. The van der Waals surface area contributed by atoms with Gasteiger partial charge in [0.1, 0.15) is 24.1 Å². The van der Waals surface area contributed by atoms with Gasteiger partial charge in [-0.25, -0.2) is 0 Å². The van der Waals surface area contributed by atoms with E-state index >= 15 is 0 Å². The Bertz CT molecular complexity index is 909. The molecule has 2 heterocycles. The van der Waals surface area contributed by atoms with Crippen molar-refractivity contribution in [2.75, 3.05) is 19.8 Å². The van der Waals surface area contributed by atoms with Crippen LogP contribution in [0, 0.1) is 11.8 Å². The van der Waals surface area contributed by atoms with E-state index in [1.807, 2.05) is 42.5 Å². The maximum absolute atomic E-state index is 10.1. The van der Waals surface area contributed by atoms with Crippen LogP contribution < -0.4 is 4.74 Å². The minimum absolute atomic E-state index is 0.263. The molecule has 6 nitrogen and oxygen atoms in total. The van der Waals surface area contributed by atoms with Gasteiger partial charge < -0.3 is 29.5 Å². The Hall–Kier alpha value is -1.67. The highest BCUT2D eigenvalue weighted by molar-refractivity contribution is 6.31. The van der Waals surface area contributed by atoms with Crippen LogP contribution in [0.4, 0.5) is 0 Å². The minimum Gasteiger partial charge on any atom is -0.490 e. The third-order valence-electron chi connectivity index (χ3n) is 6.66. The molecule has 2 unspecified atom stereocenters. The number of ether oxygens (including phenoxy) is 3. The van der Waals surface area contributed by atoms with Crippen LogP contribution >= 0.6 is 11.6 Å². The average Bonchev–Trinajstić information content (AvgIpc) is 3.18. The summed E-state index contributed by atoms with van der Waals surface area (Å²) in [7, 11) is 0. The molecule has 0 amide bonds. The van der Waals surface area contributed by atoms with Gasteiger partial charge in [0.25, 0.3) is 0 Å². The molecule has 0 aromatic heterocycles. The van der Waals surface area contributed by atoms with Crippen LogP contribution in [0.5, 0.6) is 5.75 Å². The Balaban J connectivity index is 1.26. The molecule has 1 aliphatic carbocycles. The highest BCUT2D eigenvalue weighted by Crippen LogP contribution is 2.46. The fourth-order valence-corrected chi connectivity index (χ4v) is 4.86. The second-order valence-electron chi connectivity index (χ2n) is 8.76. The summed E-state index contributed by atoms with van der Waals surface area (Å²) in [5, 5.41) is 30.2. The molecule has 2 aromatic carbocycles. The average molecular weight is 447 g/mol. The Morgan fingerprint density at radius 2 is 1.77 bits per heavy atom. The van der Waals surface area contributed by atoms with E-state index in [2.05, 4.69) is 0 Å². The predicted octanol–water partition coefficient (Wildman–Crippen LogP) is 2.50. The van der Waals surface area contributed by atoms with Crippen LogP contribution in [-0.2, 0) is 15.9 Å². The monoisotopic (exact) mass is 446 g/mol. The summed E-state index contributed by atoms with van der Waals surface area (Å²) in [5.41, 5.74) is 2.93. The largest absolute Gasteiger partial charge is 0.490 e. The van der Waals surface area contributed by atoms with Crippen molar-refractivity contribution in [3.05, 3.63) is 64.2 Å². The molecule has 31 heavy (non-hydrogen) atoms. The van der Waals surface area contributed by atoms with Gasteiger partial charge in [-0.3, -0.25) is 0 Å². The lowest BCUT2D eigenvalue weighted by molar-refractivity contribution is -0.181. The first-order chi connectivity index (χ1) is 15.0. The smallest absolute Gasteiger partial charge is 0.119 e. The van der Waals surface area contributed by atoms with Crippen LogP contribution in [0.3, 0.4) is 0 Å². The second kappa shape index (κ2) is 8.70. The van der Waals surface area contributed by atoms with Gasteiger partial charge in [0.05, 0.1) is 32.0 Å². The quantitative estimate of drug-likeness (QED) is 0.632. The van der Waals surface area contributed by atoms with Crippen molar-refractivity contribution in [2.24, 2.45) is 11.8 Å². The first-order valence-corrected chi connectivity index (χ1v) is 11.2. The van der Waals surface area contributed by atoms with Crippen molar-refractivity contribution in [3.8, 4) is 5.75 Å². The molecule has 6 atom stereocenters. The molecule has 7 heteroatoms. The minimum atomic E-state index is -1.09. The third kappa shape index (κ3) is 4.33. The van der Waals surface area contributed by atoms with Crippen LogP contribution in [0.15, 0.2) is 42.5 Å². The highest BCUT2D eigenvalue weighted by atomic mass is 35.5. The summed E-state index contributed by atoms with van der Waals surface area (Å²) in [4.78, 5) is 0. The Labute approximate surface area is 186 Å². The molecule has 2 saturated heterocycles. The van der Waals surface area contributed by atoms with Crippen molar-refractivity contribution >= 4 is 11.6 Å². The number of aliphatic hydroxyl groups excluding tert-OH is 3. The lowest BCUT2D eigenvalue weighted by Crippen LogP contribution is -2.47. The van der Waals surface area contributed by atoms with E-state index in [4.69, 9.17) is 25.8 Å². The van der Waals surface area contributed by atoms with E-state index in [0.29, 0.717) is 23.3 Å². The van der Waals surface area contributed by atoms with E-state index in [9.17, 15) is 15.3 Å². The van der Waals surface area contributed by atoms with Gasteiger partial charge in [0.15, 0.2) is 0 Å². The van der Waals surface area contributed by atoms with Crippen molar-refractivity contribution in [1.82, 2.24) is 0 Å². The van der Waals surface area contributed by atoms with Crippen molar-refractivity contribution in [3.63, 3.8) is 0 Å². The number of hydrogen-bond acceptors (Lipinski definition) is 6. The van der Waals surface area contributed by atoms with Crippen LogP contribution in [0.25, 0.3) is 0 Å². The molecule has 0 radical (unpaired) electrons. The number of aliphatic hydroxyl groups is 3. The normalized spacial score (nSPS) is 34.4. The SMILES string of the molecule is OC[C@H]1O[C@H](c2ccc(Cl)c(Cc3ccc(OC4C5COCC54)cc3)c2)C[C@@H](O)[C@@H]1O. The first kappa shape index (κ1) is 21.2. The summed E-state index contributed by atoms with van der Waals surface area (Å²) in [6, 6.07) is 13.8. The zero-order valence-electron chi connectivity index (χ0n) is 17.1. The van der Waals surface area contributed by atoms with E-state index in [-0.39, 0.29) is 19.1 Å². The van der Waals surface area contributed by atoms with Crippen molar-refractivity contribution in [1.29, 1.82) is 0 Å². The Morgan fingerprint density at radius 3 is 2.48 bits per heavy atom. The van der Waals surface area contributed by atoms with Gasteiger partial charge in [-0.1, -0.05) is 35.9 Å². The molecule has 1 saturated carbocycles. The Morgan fingerprint density at radius 1 is 1.03 bits per heavy atom. The predicted molar refractivity (Wildman–Crippen MR) is 114 cm³/mol. The molecule has 0 bridgehead atoms. The molecule has 166 valence electrons. The molecule has 5 rings (SSSR count). The number of halogens is 1. The Kier molecular flexibility index (Phi) is 5.94. The third-order valence-corrected chi connectivity index (χ3v) is 7.02. The standard InChI is InChI=1S/C24H27ClO6/c25-19-6-3-14(21-9-20(27)23(28)22(10-26)31-21)8-15(19)7-13-1-4-16(5-2-13)30-24-17-11-29-12-18(17)24/h1-6,8,17-18,20-24,26-28H,7,9-12H2/t17?,18?,20-,21+,22-,23+,24?/m1/s1. The lowest BCUT2D eigenvalue weighted by Gasteiger charge is -2.36. The van der Waals surface area contributed by atoms with Gasteiger partial charge in [0.2, 0.25) is 0 Å². The number of rotatable bonds is 6. The van der Waals surface area contributed by atoms with Gasteiger partial charge >= 0.3 is 0 Å². The molecular formula is C24H27ClO6. The van der Waals surface area contributed by atoms with Gasteiger partial charge in [0, 0.05) is 23.3 Å². The highest BCUT2D eigenvalue weighted by Gasteiger charge is 2.56. The van der Waals surface area contributed by atoms with Gasteiger partial charge in [-0.15, -0.1) is 0 Å². The van der Waals surface area contributed by atoms with Gasteiger partial charge in [-0.2, -0.15) is 0 Å². The van der Waals surface area contributed by atoms with E-state index in [0.717, 1.165) is 35.7 Å². The molecule has 0 spiro atoms. The zero-order valence-corrected chi connectivity index (χ0v) is 17.8. The van der Waals surface area contributed by atoms with Crippen LogP contribution in [0.1, 0.15) is 29.2 Å². The zero-order chi connectivity index (χ0) is 21.5. The fourth-order valence-electron chi connectivity index (χ4n) is 4.67. The topological polar surface area (TPSA) is 88.4 Å². The summed E-state index contributed by atoms with van der Waals surface area (Å²) in [6.07, 6.45) is -2.05. The van der Waals surface area contributed by atoms with Crippen molar-refractivity contribution < 1.29 is 29.5 Å². The van der Waals surface area contributed by atoms with Gasteiger partial charge in [-0.05, 0) is 41.3 Å². The van der Waals surface area contributed by atoms with Crippen LogP contribution in [0.2, 0.25) is 5.02 Å². The molecule has 2 aromatic rings. The number of fused-ring (bicyclic) bond motifs is 1. The molecule has 3 N–H and O–H groups in total. The maximum atomic E-state index is 10.1. The summed E-state index contributed by atoms with van der Waals surface area (Å²) >= 11 is 6.45. The first-order valence-electron chi connectivity index (χ1n) is 10.8. The second-order valence-corrected chi connectivity index (χ2v) is 9.17. The maximum Gasteiger partial charge on any atom is 0.119 e. The van der Waals surface area contributed by atoms with E-state index in [1.54, 1.807) is 0 Å². The summed E-state index contributed by atoms with van der Waals surface area (Å²) in [6.45, 7) is 1.27. The summed E-state index contributed by atoms with van der Waals surface area (Å²) in [5.74, 6) is 1.97. The number of benzene rings is 2. The van der Waals surface area contributed by atoms with E-state index < -0.39 is 24.4 Å². The molecule has 3 aliphatic rings. The fraction of sp³-hybridized carbons (Fsp3) is 0.500. The summed E-state index contributed by atoms with van der Waals surface area (Å²) < 4.78 is 17.3. The molecule has 3 fully saturated rings. The molecule has 2 aliphatic heterocycles.